The predicted octanol–water partition coefficient (Wildman–Crippen LogP) is 5.27. The van der Waals surface area contributed by atoms with E-state index in [-0.39, 0.29) is 5.91 Å². The van der Waals surface area contributed by atoms with Crippen LogP contribution in [0.5, 0.6) is 5.75 Å². The maximum absolute atomic E-state index is 12.9. The van der Waals surface area contributed by atoms with Gasteiger partial charge in [0.15, 0.2) is 0 Å². The number of anilines is 1. The fraction of sp³-hybridized carbons (Fsp3) is 0.310. The highest BCUT2D eigenvalue weighted by Crippen LogP contribution is 2.31. The van der Waals surface area contributed by atoms with Gasteiger partial charge in [0.25, 0.3) is 5.91 Å². The van der Waals surface area contributed by atoms with Crippen molar-refractivity contribution in [2.75, 3.05) is 25.1 Å². The summed E-state index contributed by atoms with van der Waals surface area (Å²) in [6, 6.07) is 21.0. The average Bonchev–Trinajstić information content (AvgIpc) is 3.22. The third-order valence-corrected chi connectivity index (χ3v) is 6.99. The van der Waals surface area contributed by atoms with Crippen molar-refractivity contribution in [1.29, 1.82) is 0 Å². The van der Waals surface area contributed by atoms with Crippen LogP contribution in [-0.4, -0.2) is 35.5 Å². The molecular formula is C29H32N4O2. The molecule has 0 atom stereocenters. The summed E-state index contributed by atoms with van der Waals surface area (Å²) in [6.45, 7) is 6.46. The molecule has 1 fully saturated rings. The van der Waals surface area contributed by atoms with Gasteiger partial charge in [-0.2, -0.15) is 0 Å². The third kappa shape index (κ3) is 4.87. The molecule has 6 nitrogen and oxygen atoms in total. The summed E-state index contributed by atoms with van der Waals surface area (Å²) in [7, 11) is 1.70. The van der Waals surface area contributed by atoms with E-state index in [1.54, 1.807) is 7.11 Å². The molecule has 5 rings (SSSR count). The van der Waals surface area contributed by atoms with Gasteiger partial charge in [0.2, 0.25) is 0 Å². The quantitative estimate of drug-likeness (QED) is 0.419. The number of aromatic nitrogens is 2. The Hall–Kier alpha value is -3.80. The van der Waals surface area contributed by atoms with Crippen molar-refractivity contribution in [3.05, 3.63) is 94.9 Å². The molecule has 4 aromatic rings. The molecule has 1 aliphatic heterocycles. The molecule has 0 radical (unpaired) electrons. The van der Waals surface area contributed by atoms with Crippen LogP contribution in [0.1, 0.15) is 51.6 Å². The standard InChI is InChI=1S/C29H32N4O2/c1-20-4-13-27-31-21(2)28(33(27)19-20)29(34)30-18-22-5-9-25(10-6-22)32-16-14-24(15-17-32)23-7-11-26(35-3)12-8-23/h4-13,19,24H,14-18H2,1-3H3,(H,30,34). The zero-order valence-electron chi connectivity index (χ0n) is 20.6. The van der Waals surface area contributed by atoms with Crippen molar-refractivity contribution in [2.45, 2.75) is 39.2 Å². The van der Waals surface area contributed by atoms with Crippen LogP contribution >= 0.6 is 0 Å². The second kappa shape index (κ2) is 9.82. The number of pyridine rings is 1. The lowest BCUT2D eigenvalue weighted by Gasteiger charge is -2.34. The lowest BCUT2D eigenvalue weighted by molar-refractivity contribution is 0.0944. The van der Waals surface area contributed by atoms with E-state index in [1.807, 2.05) is 36.6 Å². The van der Waals surface area contributed by atoms with Gasteiger partial charge in [0.1, 0.15) is 17.1 Å². The number of methoxy groups -OCH3 is 1. The summed E-state index contributed by atoms with van der Waals surface area (Å²) in [5, 5.41) is 3.06. The zero-order valence-corrected chi connectivity index (χ0v) is 20.6. The number of amides is 1. The molecule has 0 aliphatic carbocycles. The lowest BCUT2D eigenvalue weighted by Crippen LogP contribution is -2.32. The number of imidazole rings is 1. The van der Waals surface area contributed by atoms with Gasteiger partial charge < -0.3 is 15.0 Å². The van der Waals surface area contributed by atoms with E-state index in [0.717, 1.165) is 54.1 Å². The van der Waals surface area contributed by atoms with E-state index in [4.69, 9.17) is 4.74 Å². The summed E-state index contributed by atoms with van der Waals surface area (Å²) >= 11 is 0. The van der Waals surface area contributed by atoms with Gasteiger partial charge >= 0.3 is 0 Å². The molecule has 1 saturated heterocycles. The first-order valence-corrected chi connectivity index (χ1v) is 12.2. The number of carbonyl (C=O) groups excluding carboxylic acids is 1. The molecule has 0 saturated carbocycles. The number of benzene rings is 2. The predicted molar refractivity (Wildman–Crippen MR) is 139 cm³/mol. The van der Waals surface area contributed by atoms with Crippen LogP contribution in [0.4, 0.5) is 5.69 Å². The SMILES string of the molecule is COc1ccc(C2CCN(c3ccc(CNC(=O)c4c(C)nc5ccc(C)cn45)cc3)CC2)cc1. The van der Waals surface area contributed by atoms with E-state index < -0.39 is 0 Å². The van der Waals surface area contributed by atoms with Gasteiger partial charge in [0, 0.05) is 31.5 Å². The van der Waals surface area contributed by atoms with Gasteiger partial charge in [-0.15, -0.1) is 0 Å². The van der Waals surface area contributed by atoms with Crippen molar-refractivity contribution < 1.29 is 9.53 Å². The molecule has 35 heavy (non-hydrogen) atoms. The Kier molecular flexibility index (Phi) is 6.45. The van der Waals surface area contributed by atoms with Crippen LogP contribution in [0.2, 0.25) is 0 Å². The van der Waals surface area contributed by atoms with E-state index in [1.165, 1.54) is 11.3 Å². The highest BCUT2D eigenvalue weighted by molar-refractivity contribution is 5.94. The molecule has 6 heteroatoms. The molecule has 1 amide bonds. The summed E-state index contributed by atoms with van der Waals surface area (Å²) in [4.78, 5) is 19.9. The minimum Gasteiger partial charge on any atom is -0.497 e. The average molecular weight is 469 g/mol. The summed E-state index contributed by atoms with van der Waals surface area (Å²) < 4.78 is 7.16. The fourth-order valence-electron chi connectivity index (χ4n) is 4.98. The molecule has 0 spiro atoms. The Morgan fingerprint density at radius 1 is 1.00 bits per heavy atom. The first-order valence-electron chi connectivity index (χ1n) is 12.2. The second-order valence-electron chi connectivity index (χ2n) is 9.36. The largest absolute Gasteiger partial charge is 0.497 e. The molecule has 1 N–H and O–H groups in total. The number of piperidine rings is 1. The molecule has 2 aromatic heterocycles. The number of fused-ring (bicyclic) bond motifs is 1. The van der Waals surface area contributed by atoms with Crippen molar-refractivity contribution in [3.8, 4) is 5.75 Å². The topological polar surface area (TPSA) is 58.9 Å². The van der Waals surface area contributed by atoms with E-state index in [9.17, 15) is 4.79 Å². The van der Waals surface area contributed by atoms with E-state index in [2.05, 4.69) is 63.7 Å². The summed E-state index contributed by atoms with van der Waals surface area (Å²) in [5.74, 6) is 1.40. The maximum atomic E-state index is 12.9. The molecule has 2 aromatic carbocycles. The third-order valence-electron chi connectivity index (χ3n) is 6.99. The monoisotopic (exact) mass is 468 g/mol. The van der Waals surface area contributed by atoms with E-state index >= 15 is 0 Å². The minimum atomic E-state index is -0.106. The van der Waals surface area contributed by atoms with Crippen LogP contribution in [0, 0.1) is 13.8 Å². The molecule has 180 valence electrons. The number of hydrogen-bond acceptors (Lipinski definition) is 4. The first-order chi connectivity index (χ1) is 17.0. The number of ether oxygens (including phenoxy) is 1. The van der Waals surface area contributed by atoms with Crippen molar-refractivity contribution in [3.63, 3.8) is 0 Å². The molecule has 1 aliphatic rings. The number of carbonyl (C=O) groups is 1. The van der Waals surface area contributed by atoms with Crippen molar-refractivity contribution >= 4 is 17.2 Å². The Balaban J connectivity index is 1.17. The number of aryl methyl sites for hydroxylation is 2. The van der Waals surface area contributed by atoms with Crippen LogP contribution in [-0.2, 0) is 6.54 Å². The first kappa shape index (κ1) is 23.0. The second-order valence-corrected chi connectivity index (χ2v) is 9.36. The Labute approximate surface area is 206 Å². The molecule has 0 unspecified atom stereocenters. The highest BCUT2D eigenvalue weighted by Gasteiger charge is 2.21. The Bertz CT molecular complexity index is 1320. The smallest absolute Gasteiger partial charge is 0.270 e. The van der Waals surface area contributed by atoms with Gasteiger partial charge in [0.05, 0.1) is 12.8 Å². The Morgan fingerprint density at radius 3 is 2.40 bits per heavy atom. The Morgan fingerprint density at radius 2 is 1.71 bits per heavy atom. The minimum absolute atomic E-state index is 0.106. The van der Waals surface area contributed by atoms with Crippen LogP contribution in [0.3, 0.4) is 0 Å². The van der Waals surface area contributed by atoms with Crippen LogP contribution in [0.15, 0.2) is 66.9 Å². The zero-order chi connectivity index (χ0) is 24.4. The van der Waals surface area contributed by atoms with Crippen molar-refractivity contribution in [2.24, 2.45) is 0 Å². The van der Waals surface area contributed by atoms with Gasteiger partial charge in [-0.25, -0.2) is 4.98 Å². The number of nitrogens with zero attached hydrogens (tertiary/aromatic N) is 3. The summed E-state index contributed by atoms with van der Waals surface area (Å²) in [5.41, 5.74) is 6.93. The number of rotatable bonds is 6. The normalized spacial score (nSPS) is 14.3. The highest BCUT2D eigenvalue weighted by atomic mass is 16.5. The fourth-order valence-corrected chi connectivity index (χ4v) is 4.98. The lowest BCUT2D eigenvalue weighted by atomic mass is 9.89. The van der Waals surface area contributed by atoms with Gasteiger partial charge in [-0.05, 0) is 79.6 Å². The summed E-state index contributed by atoms with van der Waals surface area (Å²) in [6.07, 6.45) is 4.24. The molecule has 3 heterocycles. The number of hydrogen-bond donors (Lipinski definition) is 1. The van der Waals surface area contributed by atoms with Gasteiger partial charge in [-0.3, -0.25) is 9.20 Å². The number of nitrogens with one attached hydrogen (secondary N) is 1. The van der Waals surface area contributed by atoms with E-state index in [0.29, 0.717) is 18.2 Å². The molecule has 0 bridgehead atoms. The molecular weight excluding hydrogens is 436 g/mol. The maximum Gasteiger partial charge on any atom is 0.270 e. The van der Waals surface area contributed by atoms with Crippen LogP contribution in [0.25, 0.3) is 5.65 Å². The van der Waals surface area contributed by atoms with Crippen molar-refractivity contribution in [1.82, 2.24) is 14.7 Å². The van der Waals surface area contributed by atoms with Crippen LogP contribution < -0.4 is 15.0 Å². The van der Waals surface area contributed by atoms with Gasteiger partial charge in [-0.1, -0.05) is 30.3 Å².